The SMILES string of the molecule is CNc1cccc(S(=O)(=O)O)c1C. The summed E-state index contributed by atoms with van der Waals surface area (Å²) in [6.45, 7) is 1.63. The van der Waals surface area contributed by atoms with Gasteiger partial charge in [-0.3, -0.25) is 4.55 Å². The van der Waals surface area contributed by atoms with Gasteiger partial charge in [0, 0.05) is 12.7 Å². The lowest BCUT2D eigenvalue weighted by atomic mass is 10.2. The van der Waals surface area contributed by atoms with E-state index in [1.807, 2.05) is 0 Å². The summed E-state index contributed by atoms with van der Waals surface area (Å²) < 4.78 is 30.5. The van der Waals surface area contributed by atoms with E-state index < -0.39 is 10.1 Å². The largest absolute Gasteiger partial charge is 0.388 e. The first-order chi connectivity index (χ1) is 5.96. The van der Waals surface area contributed by atoms with Crippen LogP contribution in [0.25, 0.3) is 0 Å². The first-order valence-electron chi connectivity index (χ1n) is 3.71. The van der Waals surface area contributed by atoms with Gasteiger partial charge in [0.05, 0.1) is 4.90 Å². The summed E-state index contributed by atoms with van der Waals surface area (Å²) in [4.78, 5) is -0.0562. The summed E-state index contributed by atoms with van der Waals surface area (Å²) in [5.41, 5.74) is 1.21. The highest BCUT2D eigenvalue weighted by molar-refractivity contribution is 7.85. The lowest BCUT2D eigenvalue weighted by Gasteiger charge is -2.07. The Hall–Kier alpha value is -1.07. The first-order valence-corrected chi connectivity index (χ1v) is 5.15. The van der Waals surface area contributed by atoms with Crippen LogP contribution in [0.5, 0.6) is 0 Å². The van der Waals surface area contributed by atoms with Crippen molar-refractivity contribution in [3.05, 3.63) is 23.8 Å². The minimum atomic E-state index is -4.11. The number of benzene rings is 1. The average molecular weight is 201 g/mol. The lowest BCUT2D eigenvalue weighted by Crippen LogP contribution is -2.03. The van der Waals surface area contributed by atoms with Crippen molar-refractivity contribution in [2.75, 3.05) is 12.4 Å². The Morgan fingerprint density at radius 2 is 2.00 bits per heavy atom. The Kier molecular flexibility index (Phi) is 2.58. The van der Waals surface area contributed by atoms with Gasteiger partial charge in [-0.25, -0.2) is 0 Å². The summed E-state index contributed by atoms with van der Waals surface area (Å²) in [6, 6.07) is 4.68. The van der Waals surface area contributed by atoms with E-state index in [0.29, 0.717) is 11.3 Å². The second-order valence-corrected chi connectivity index (χ2v) is 4.04. The lowest BCUT2D eigenvalue weighted by molar-refractivity contribution is 0.482. The molecule has 0 heterocycles. The van der Waals surface area contributed by atoms with E-state index in [2.05, 4.69) is 5.32 Å². The molecule has 5 heteroatoms. The molecule has 4 nitrogen and oxygen atoms in total. The number of anilines is 1. The molecule has 0 bridgehead atoms. The summed E-state index contributed by atoms with van der Waals surface area (Å²) in [6.07, 6.45) is 0. The van der Waals surface area contributed by atoms with Gasteiger partial charge in [0.1, 0.15) is 0 Å². The van der Waals surface area contributed by atoms with Crippen LogP contribution in [-0.2, 0) is 10.1 Å². The highest BCUT2D eigenvalue weighted by Gasteiger charge is 2.13. The molecule has 1 aromatic rings. The maximum absolute atomic E-state index is 10.8. The van der Waals surface area contributed by atoms with E-state index in [0.717, 1.165) is 0 Å². The van der Waals surface area contributed by atoms with Crippen LogP contribution in [0, 0.1) is 6.92 Å². The van der Waals surface area contributed by atoms with Gasteiger partial charge in [-0.2, -0.15) is 8.42 Å². The highest BCUT2D eigenvalue weighted by Crippen LogP contribution is 2.21. The van der Waals surface area contributed by atoms with Crippen LogP contribution in [-0.4, -0.2) is 20.0 Å². The monoisotopic (exact) mass is 201 g/mol. The molecule has 0 spiro atoms. The molecular weight excluding hydrogens is 190 g/mol. The predicted octanol–water partition coefficient (Wildman–Crippen LogP) is 1.28. The summed E-state index contributed by atoms with van der Waals surface area (Å²) in [5.74, 6) is 0. The van der Waals surface area contributed by atoms with Crippen molar-refractivity contribution in [3.8, 4) is 0 Å². The fraction of sp³-hybridized carbons (Fsp3) is 0.250. The maximum Gasteiger partial charge on any atom is 0.294 e. The highest BCUT2D eigenvalue weighted by atomic mass is 32.2. The van der Waals surface area contributed by atoms with E-state index in [1.54, 1.807) is 26.1 Å². The van der Waals surface area contributed by atoms with Crippen LogP contribution < -0.4 is 5.32 Å². The standard InChI is InChI=1S/C8H11NO3S/c1-6-7(9-2)4-3-5-8(6)13(10,11)12/h3-5,9H,1-2H3,(H,10,11,12). The van der Waals surface area contributed by atoms with E-state index in [1.165, 1.54) is 6.07 Å². The minimum Gasteiger partial charge on any atom is -0.388 e. The molecule has 0 atom stereocenters. The number of nitrogens with one attached hydrogen (secondary N) is 1. The summed E-state index contributed by atoms with van der Waals surface area (Å²) >= 11 is 0. The van der Waals surface area contributed by atoms with Crippen molar-refractivity contribution in [1.82, 2.24) is 0 Å². The van der Waals surface area contributed by atoms with Gasteiger partial charge in [0.25, 0.3) is 10.1 Å². The third-order valence-electron chi connectivity index (χ3n) is 1.83. The topological polar surface area (TPSA) is 66.4 Å². The van der Waals surface area contributed by atoms with Crippen molar-refractivity contribution in [2.45, 2.75) is 11.8 Å². The molecule has 0 unspecified atom stereocenters. The number of hydrogen-bond acceptors (Lipinski definition) is 3. The zero-order valence-corrected chi connectivity index (χ0v) is 8.22. The van der Waals surface area contributed by atoms with E-state index in [4.69, 9.17) is 4.55 Å². The molecule has 0 aliphatic carbocycles. The molecular formula is C8H11NO3S. The smallest absolute Gasteiger partial charge is 0.294 e. The van der Waals surface area contributed by atoms with Crippen LogP contribution >= 0.6 is 0 Å². The van der Waals surface area contributed by atoms with Gasteiger partial charge in [-0.1, -0.05) is 6.07 Å². The Morgan fingerprint density at radius 3 is 2.46 bits per heavy atom. The molecule has 0 saturated heterocycles. The van der Waals surface area contributed by atoms with Crippen LogP contribution in [0.4, 0.5) is 5.69 Å². The molecule has 13 heavy (non-hydrogen) atoms. The molecule has 0 aromatic heterocycles. The third-order valence-corrected chi connectivity index (χ3v) is 2.83. The fourth-order valence-corrected chi connectivity index (χ4v) is 1.91. The van der Waals surface area contributed by atoms with Crippen LogP contribution in [0.1, 0.15) is 5.56 Å². The average Bonchev–Trinajstić information content (AvgIpc) is 2.02. The van der Waals surface area contributed by atoms with Gasteiger partial charge < -0.3 is 5.32 Å². The van der Waals surface area contributed by atoms with Gasteiger partial charge in [0.15, 0.2) is 0 Å². The normalized spacial score (nSPS) is 11.3. The fourth-order valence-electron chi connectivity index (χ4n) is 1.16. The zero-order chi connectivity index (χ0) is 10.1. The zero-order valence-electron chi connectivity index (χ0n) is 7.40. The predicted molar refractivity (Wildman–Crippen MR) is 50.5 cm³/mol. The van der Waals surface area contributed by atoms with Crippen molar-refractivity contribution >= 4 is 15.8 Å². The van der Waals surface area contributed by atoms with E-state index in [-0.39, 0.29) is 4.90 Å². The molecule has 1 aromatic carbocycles. The molecule has 0 fully saturated rings. The summed E-state index contributed by atoms with van der Waals surface area (Å²) in [7, 11) is -2.42. The van der Waals surface area contributed by atoms with Gasteiger partial charge in [-0.05, 0) is 24.6 Å². The maximum atomic E-state index is 10.8. The van der Waals surface area contributed by atoms with E-state index in [9.17, 15) is 8.42 Å². The number of hydrogen-bond donors (Lipinski definition) is 2. The molecule has 72 valence electrons. The van der Waals surface area contributed by atoms with Gasteiger partial charge >= 0.3 is 0 Å². The first kappa shape index (κ1) is 10.0. The molecule has 2 N–H and O–H groups in total. The van der Waals surface area contributed by atoms with E-state index >= 15 is 0 Å². The molecule has 0 radical (unpaired) electrons. The van der Waals surface area contributed by atoms with Crippen molar-refractivity contribution in [2.24, 2.45) is 0 Å². The Balaban J connectivity index is 3.41. The third kappa shape index (κ3) is 1.99. The quantitative estimate of drug-likeness (QED) is 0.707. The minimum absolute atomic E-state index is 0.0562. The van der Waals surface area contributed by atoms with Gasteiger partial charge in [0.2, 0.25) is 0 Å². The van der Waals surface area contributed by atoms with Crippen LogP contribution in [0.15, 0.2) is 23.1 Å². The van der Waals surface area contributed by atoms with Crippen molar-refractivity contribution in [3.63, 3.8) is 0 Å². The Labute approximate surface area is 77.3 Å². The van der Waals surface area contributed by atoms with Gasteiger partial charge in [-0.15, -0.1) is 0 Å². The molecule has 0 aliphatic heterocycles. The molecule has 0 aliphatic rings. The van der Waals surface area contributed by atoms with Crippen LogP contribution in [0.2, 0.25) is 0 Å². The Bertz CT molecular complexity index is 411. The molecule has 1 rings (SSSR count). The second-order valence-electron chi connectivity index (χ2n) is 2.65. The Morgan fingerprint density at radius 1 is 1.38 bits per heavy atom. The molecule has 0 saturated carbocycles. The molecule has 0 amide bonds. The van der Waals surface area contributed by atoms with Crippen molar-refractivity contribution in [1.29, 1.82) is 0 Å². The van der Waals surface area contributed by atoms with Crippen LogP contribution in [0.3, 0.4) is 0 Å². The van der Waals surface area contributed by atoms with Crippen molar-refractivity contribution < 1.29 is 13.0 Å². The second kappa shape index (κ2) is 3.35. The number of rotatable bonds is 2. The summed E-state index contributed by atoms with van der Waals surface area (Å²) in [5, 5.41) is 2.83.